The quantitative estimate of drug-likeness (QED) is 0.798. The van der Waals surface area contributed by atoms with E-state index in [4.69, 9.17) is 9.15 Å². The molecule has 0 N–H and O–H groups in total. The fourth-order valence-corrected chi connectivity index (χ4v) is 1.95. The zero-order valence-corrected chi connectivity index (χ0v) is 11.8. The van der Waals surface area contributed by atoms with Crippen molar-refractivity contribution in [3.05, 3.63) is 46.1 Å². The van der Waals surface area contributed by atoms with E-state index in [1.54, 1.807) is 13.0 Å². The molecule has 1 aromatic carbocycles. The molecule has 0 unspecified atom stereocenters. The predicted octanol–water partition coefficient (Wildman–Crippen LogP) is 4.19. The van der Waals surface area contributed by atoms with Crippen LogP contribution in [-0.4, -0.2) is 12.6 Å². The molecular weight excluding hydrogens is 296 g/mol. The summed E-state index contributed by atoms with van der Waals surface area (Å²) in [4.78, 5) is 11.8. The van der Waals surface area contributed by atoms with Gasteiger partial charge in [-0.05, 0) is 32.0 Å². The summed E-state index contributed by atoms with van der Waals surface area (Å²) in [5.41, 5.74) is 1.33. The van der Waals surface area contributed by atoms with Crippen LogP contribution in [0.1, 0.15) is 23.0 Å². The van der Waals surface area contributed by atoms with Crippen LogP contribution in [0.25, 0.3) is 11.3 Å². The van der Waals surface area contributed by atoms with Crippen molar-refractivity contribution in [2.24, 2.45) is 0 Å². The lowest BCUT2D eigenvalue weighted by Gasteiger charge is -2.02. The van der Waals surface area contributed by atoms with Gasteiger partial charge < -0.3 is 9.15 Å². The van der Waals surface area contributed by atoms with Gasteiger partial charge in [0.05, 0.1) is 6.61 Å². The van der Waals surface area contributed by atoms with Crippen molar-refractivity contribution in [3.63, 3.8) is 0 Å². The Labute approximate surface area is 114 Å². The molecule has 0 amide bonds. The highest BCUT2D eigenvalue weighted by molar-refractivity contribution is 9.10. The van der Waals surface area contributed by atoms with Crippen molar-refractivity contribution in [1.82, 2.24) is 0 Å². The van der Waals surface area contributed by atoms with Crippen molar-refractivity contribution < 1.29 is 13.9 Å². The predicted molar refractivity (Wildman–Crippen MR) is 72.5 cm³/mol. The molecule has 2 aromatic rings. The first-order valence-corrected chi connectivity index (χ1v) is 6.44. The van der Waals surface area contributed by atoms with Crippen LogP contribution in [0.2, 0.25) is 0 Å². The summed E-state index contributed by atoms with van der Waals surface area (Å²) >= 11 is 3.37. The van der Waals surface area contributed by atoms with Crippen LogP contribution in [0.3, 0.4) is 0 Å². The third-order valence-corrected chi connectivity index (χ3v) is 2.99. The highest BCUT2D eigenvalue weighted by atomic mass is 79.9. The first-order valence-electron chi connectivity index (χ1n) is 5.65. The Morgan fingerprint density at radius 1 is 1.33 bits per heavy atom. The number of halogens is 1. The Bertz CT molecular complexity index is 555. The molecule has 0 bridgehead atoms. The highest BCUT2D eigenvalue weighted by Crippen LogP contribution is 2.28. The Morgan fingerprint density at radius 3 is 2.61 bits per heavy atom. The van der Waals surface area contributed by atoms with Crippen LogP contribution < -0.4 is 0 Å². The van der Waals surface area contributed by atoms with Crippen molar-refractivity contribution in [2.45, 2.75) is 13.8 Å². The van der Waals surface area contributed by atoms with Crippen LogP contribution in [0, 0.1) is 6.92 Å². The summed E-state index contributed by atoms with van der Waals surface area (Å²) in [5.74, 6) is 0.890. The molecule has 0 saturated carbocycles. The minimum Gasteiger partial charge on any atom is -0.462 e. The first-order chi connectivity index (χ1) is 8.61. The van der Waals surface area contributed by atoms with E-state index >= 15 is 0 Å². The van der Waals surface area contributed by atoms with Crippen molar-refractivity contribution in [1.29, 1.82) is 0 Å². The second kappa shape index (κ2) is 5.40. The molecule has 4 heteroatoms. The van der Waals surface area contributed by atoms with Crippen LogP contribution in [0.4, 0.5) is 0 Å². The van der Waals surface area contributed by atoms with Crippen LogP contribution in [0.5, 0.6) is 0 Å². The third-order valence-electron chi connectivity index (χ3n) is 2.46. The van der Waals surface area contributed by atoms with Gasteiger partial charge in [-0.15, -0.1) is 0 Å². The number of hydrogen-bond acceptors (Lipinski definition) is 3. The van der Waals surface area contributed by atoms with Gasteiger partial charge in [-0.1, -0.05) is 28.1 Å². The summed E-state index contributed by atoms with van der Waals surface area (Å²) in [6.45, 7) is 3.94. The maximum absolute atomic E-state index is 11.8. The van der Waals surface area contributed by atoms with Crippen LogP contribution >= 0.6 is 15.9 Å². The lowest BCUT2D eigenvalue weighted by Crippen LogP contribution is -2.04. The zero-order valence-electron chi connectivity index (χ0n) is 10.2. The number of aryl methyl sites for hydroxylation is 1. The highest BCUT2D eigenvalue weighted by Gasteiger charge is 2.18. The standard InChI is InChI=1S/C14H13BrO3/c1-3-17-14(16)12-8-9(2)18-13(12)10-4-6-11(15)7-5-10/h4-8H,3H2,1-2H3. The number of hydrogen-bond donors (Lipinski definition) is 0. The number of furan rings is 1. The molecule has 0 radical (unpaired) electrons. The van der Waals surface area contributed by atoms with E-state index in [-0.39, 0.29) is 5.97 Å². The summed E-state index contributed by atoms with van der Waals surface area (Å²) in [7, 11) is 0. The molecule has 3 nitrogen and oxygen atoms in total. The number of esters is 1. The monoisotopic (exact) mass is 308 g/mol. The van der Waals surface area contributed by atoms with Gasteiger partial charge in [0.1, 0.15) is 17.1 Å². The summed E-state index contributed by atoms with van der Waals surface area (Å²) in [6, 6.07) is 9.30. The minimum absolute atomic E-state index is 0.350. The smallest absolute Gasteiger partial charge is 0.342 e. The molecule has 1 heterocycles. The molecule has 0 aliphatic rings. The van der Waals surface area contributed by atoms with E-state index in [2.05, 4.69) is 15.9 Å². The summed E-state index contributed by atoms with van der Waals surface area (Å²) in [5, 5.41) is 0. The van der Waals surface area contributed by atoms with E-state index in [0.29, 0.717) is 23.7 Å². The fourth-order valence-electron chi connectivity index (χ4n) is 1.69. The van der Waals surface area contributed by atoms with Crippen LogP contribution in [-0.2, 0) is 4.74 Å². The average Bonchev–Trinajstić information content (AvgIpc) is 2.73. The molecule has 0 aliphatic heterocycles. The number of carbonyl (C=O) groups excluding carboxylic acids is 1. The molecular formula is C14H13BrO3. The average molecular weight is 309 g/mol. The van der Waals surface area contributed by atoms with Crippen molar-refractivity contribution in [3.8, 4) is 11.3 Å². The maximum Gasteiger partial charge on any atom is 0.342 e. The Balaban J connectivity index is 2.44. The number of rotatable bonds is 3. The number of benzene rings is 1. The van der Waals surface area contributed by atoms with Gasteiger partial charge >= 0.3 is 5.97 Å². The van der Waals surface area contributed by atoms with Gasteiger partial charge in [-0.25, -0.2) is 4.79 Å². The molecule has 1 aromatic heterocycles. The van der Waals surface area contributed by atoms with Gasteiger partial charge in [-0.3, -0.25) is 0 Å². The lowest BCUT2D eigenvalue weighted by molar-refractivity contribution is 0.0527. The first kappa shape index (κ1) is 12.9. The number of ether oxygens (including phenoxy) is 1. The zero-order chi connectivity index (χ0) is 13.1. The molecule has 0 atom stereocenters. The second-order valence-electron chi connectivity index (χ2n) is 3.83. The second-order valence-corrected chi connectivity index (χ2v) is 4.74. The normalized spacial score (nSPS) is 10.4. The summed E-state index contributed by atoms with van der Waals surface area (Å²) < 4.78 is 11.6. The van der Waals surface area contributed by atoms with Gasteiger partial charge in [0, 0.05) is 10.0 Å². The van der Waals surface area contributed by atoms with E-state index in [1.807, 2.05) is 31.2 Å². The molecule has 0 spiro atoms. The van der Waals surface area contributed by atoms with Crippen molar-refractivity contribution in [2.75, 3.05) is 6.61 Å². The van der Waals surface area contributed by atoms with Crippen LogP contribution in [0.15, 0.2) is 39.2 Å². The Kier molecular flexibility index (Phi) is 3.87. The topological polar surface area (TPSA) is 39.4 Å². The third kappa shape index (κ3) is 2.64. The lowest BCUT2D eigenvalue weighted by atomic mass is 10.1. The van der Waals surface area contributed by atoms with E-state index in [9.17, 15) is 4.79 Å². The van der Waals surface area contributed by atoms with Gasteiger partial charge in [-0.2, -0.15) is 0 Å². The molecule has 0 fully saturated rings. The molecule has 2 rings (SSSR count). The number of carbonyl (C=O) groups is 1. The Morgan fingerprint density at radius 2 is 2.00 bits per heavy atom. The molecule has 94 valence electrons. The largest absolute Gasteiger partial charge is 0.462 e. The Hall–Kier alpha value is -1.55. The van der Waals surface area contributed by atoms with Crippen molar-refractivity contribution >= 4 is 21.9 Å². The van der Waals surface area contributed by atoms with Gasteiger partial charge in [0.25, 0.3) is 0 Å². The molecule has 0 saturated heterocycles. The summed E-state index contributed by atoms with van der Waals surface area (Å²) in [6.07, 6.45) is 0. The molecule has 18 heavy (non-hydrogen) atoms. The van der Waals surface area contributed by atoms with Gasteiger partial charge in [0.2, 0.25) is 0 Å². The SMILES string of the molecule is CCOC(=O)c1cc(C)oc1-c1ccc(Br)cc1. The molecule has 0 aliphatic carbocycles. The van der Waals surface area contributed by atoms with E-state index in [0.717, 1.165) is 10.0 Å². The minimum atomic E-state index is -0.354. The fraction of sp³-hybridized carbons (Fsp3) is 0.214. The van der Waals surface area contributed by atoms with E-state index < -0.39 is 0 Å². The van der Waals surface area contributed by atoms with E-state index in [1.165, 1.54) is 0 Å². The van der Waals surface area contributed by atoms with Gasteiger partial charge in [0.15, 0.2) is 0 Å². The maximum atomic E-state index is 11.8.